The van der Waals surface area contributed by atoms with Gasteiger partial charge in [-0.15, -0.1) is 0 Å². The molecule has 2 saturated heterocycles. The number of hydrogen-bond acceptors (Lipinski definition) is 4. The predicted molar refractivity (Wildman–Crippen MR) is 63.7 cm³/mol. The maximum atomic E-state index is 5.62. The molecule has 0 saturated carbocycles. The highest BCUT2D eigenvalue weighted by atomic mass is 16.5. The van der Waals surface area contributed by atoms with E-state index in [1.165, 1.54) is 19.3 Å². The summed E-state index contributed by atoms with van der Waals surface area (Å²) in [5, 5.41) is 7.08. The lowest BCUT2D eigenvalue weighted by molar-refractivity contribution is -0.0177. The number of rotatable bonds is 4. The van der Waals surface area contributed by atoms with Crippen molar-refractivity contribution in [3.05, 3.63) is 0 Å². The summed E-state index contributed by atoms with van der Waals surface area (Å²) >= 11 is 0. The molecule has 0 radical (unpaired) electrons. The van der Waals surface area contributed by atoms with E-state index in [1.54, 1.807) is 7.11 Å². The standard InChI is InChI=1S/C12H24N2O2/c1-15-12(5-8-16-10-12)9-14-11-3-2-6-13-7-4-11/h11,13-14H,2-10H2,1H3. The first kappa shape index (κ1) is 12.3. The van der Waals surface area contributed by atoms with E-state index in [1.807, 2.05) is 0 Å². The quantitative estimate of drug-likeness (QED) is 0.736. The molecule has 0 aromatic carbocycles. The smallest absolute Gasteiger partial charge is 0.106 e. The SMILES string of the molecule is COC1(CNC2CCCNCC2)CCOC1. The fourth-order valence-corrected chi connectivity index (χ4v) is 2.51. The minimum Gasteiger partial charge on any atom is -0.378 e. The van der Waals surface area contributed by atoms with Crippen LogP contribution in [0.3, 0.4) is 0 Å². The third-order valence-corrected chi connectivity index (χ3v) is 3.79. The molecule has 4 heteroatoms. The van der Waals surface area contributed by atoms with E-state index < -0.39 is 0 Å². The second-order valence-corrected chi connectivity index (χ2v) is 4.95. The zero-order valence-corrected chi connectivity index (χ0v) is 10.3. The highest BCUT2D eigenvalue weighted by Gasteiger charge is 2.35. The van der Waals surface area contributed by atoms with Gasteiger partial charge in [-0.25, -0.2) is 0 Å². The first-order valence-electron chi connectivity index (χ1n) is 6.42. The third kappa shape index (κ3) is 3.17. The maximum absolute atomic E-state index is 5.62. The van der Waals surface area contributed by atoms with Gasteiger partial charge in [-0.05, 0) is 32.4 Å². The summed E-state index contributed by atoms with van der Waals surface area (Å²) in [5.74, 6) is 0. The van der Waals surface area contributed by atoms with Crippen molar-refractivity contribution in [3.63, 3.8) is 0 Å². The molecule has 4 nitrogen and oxygen atoms in total. The van der Waals surface area contributed by atoms with Gasteiger partial charge in [-0.3, -0.25) is 0 Å². The van der Waals surface area contributed by atoms with Crippen LogP contribution >= 0.6 is 0 Å². The zero-order valence-electron chi connectivity index (χ0n) is 10.3. The summed E-state index contributed by atoms with van der Waals surface area (Å²) in [5.41, 5.74) is -0.0697. The van der Waals surface area contributed by atoms with Crippen LogP contribution in [0.4, 0.5) is 0 Å². The van der Waals surface area contributed by atoms with Gasteiger partial charge in [0.2, 0.25) is 0 Å². The molecule has 0 aliphatic carbocycles. The van der Waals surface area contributed by atoms with Crippen molar-refractivity contribution in [3.8, 4) is 0 Å². The normalized spacial score (nSPS) is 36.2. The van der Waals surface area contributed by atoms with Gasteiger partial charge < -0.3 is 20.1 Å². The van der Waals surface area contributed by atoms with Crippen LogP contribution in [0.2, 0.25) is 0 Å². The van der Waals surface area contributed by atoms with E-state index in [4.69, 9.17) is 9.47 Å². The average molecular weight is 228 g/mol. The van der Waals surface area contributed by atoms with Gasteiger partial charge in [0.1, 0.15) is 5.60 Å². The summed E-state index contributed by atoms with van der Waals surface area (Å²) in [6.45, 7) is 4.79. The lowest BCUT2D eigenvalue weighted by Crippen LogP contribution is -2.46. The summed E-state index contributed by atoms with van der Waals surface area (Å²) in [6.07, 6.45) is 4.78. The van der Waals surface area contributed by atoms with Crippen molar-refractivity contribution in [1.82, 2.24) is 10.6 Å². The van der Waals surface area contributed by atoms with Gasteiger partial charge in [0.25, 0.3) is 0 Å². The van der Waals surface area contributed by atoms with Crippen molar-refractivity contribution in [2.45, 2.75) is 37.3 Å². The van der Waals surface area contributed by atoms with E-state index in [0.717, 1.165) is 39.3 Å². The molecule has 2 rings (SSSR count). The van der Waals surface area contributed by atoms with Crippen LogP contribution in [0.5, 0.6) is 0 Å². The Morgan fingerprint density at radius 1 is 1.44 bits per heavy atom. The molecular formula is C12H24N2O2. The Hall–Kier alpha value is -0.160. The van der Waals surface area contributed by atoms with Crippen molar-refractivity contribution in [1.29, 1.82) is 0 Å². The molecule has 94 valence electrons. The van der Waals surface area contributed by atoms with Gasteiger partial charge in [-0.1, -0.05) is 0 Å². The molecule has 2 N–H and O–H groups in total. The molecule has 16 heavy (non-hydrogen) atoms. The lowest BCUT2D eigenvalue weighted by Gasteiger charge is -2.28. The van der Waals surface area contributed by atoms with Crippen molar-refractivity contribution in [2.75, 3.05) is 40.0 Å². The molecule has 2 unspecified atom stereocenters. The Kier molecular flexibility index (Phi) is 4.58. The maximum Gasteiger partial charge on any atom is 0.106 e. The first-order chi connectivity index (χ1) is 7.85. The molecule has 0 spiro atoms. The Balaban J connectivity index is 1.76. The molecule has 2 fully saturated rings. The van der Waals surface area contributed by atoms with E-state index in [0.29, 0.717) is 6.04 Å². The third-order valence-electron chi connectivity index (χ3n) is 3.79. The van der Waals surface area contributed by atoms with E-state index in [-0.39, 0.29) is 5.60 Å². The van der Waals surface area contributed by atoms with Gasteiger partial charge in [0.15, 0.2) is 0 Å². The molecule has 2 aliphatic heterocycles. The topological polar surface area (TPSA) is 42.5 Å². The molecule has 2 heterocycles. The van der Waals surface area contributed by atoms with Gasteiger partial charge in [0, 0.05) is 32.7 Å². The molecular weight excluding hydrogens is 204 g/mol. The fourth-order valence-electron chi connectivity index (χ4n) is 2.51. The average Bonchev–Trinajstić information content (AvgIpc) is 2.63. The van der Waals surface area contributed by atoms with E-state index in [9.17, 15) is 0 Å². The Labute approximate surface area is 98.1 Å². The molecule has 2 aliphatic rings. The molecule has 0 aromatic rings. The predicted octanol–water partition coefficient (Wildman–Crippen LogP) is 0.524. The van der Waals surface area contributed by atoms with Gasteiger partial charge in [0.05, 0.1) is 6.61 Å². The number of ether oxygens (including phenoxy) is 2. The molecule has 0 amide bonds. The van der Waals surface area contributed by atoms with Crippen LogP contribution in [0, 0.1) is 0 Å². The van der Waals surface area contributed by atoms with Crippen LogP contribution < -0.4 is 10.6 Å². The van der Waals surface area contributed by atoms with E-state index in [2.05, 4.69) is 10.6 Å². The Morgan fingerprint density at radius 3 is 3.12 bits per heavy atom. The summed E-state index contributed by atoms with van der Waals surface area (Å²) in [6, 6.07) is 0.641. The minimum atomic E-state index is -0.0697. The second kappa shape index (κ2) is 5.96. The van der Waals surface area contributed by atoms with Crippen LogP contribution in [0.1, 0.15) is 25.7 Å². The van der Waals surface area contributed by atoms with Crippen LogP contribution in [0.15, 0.2) is 0 Å². The number of hydrogen-bond donors (Lipinski definition) is 2. The van der Waals surface area contributed by atoms with Crippen molar-refractivity contribution < 1.29 is 9.47 Å². The monoisotopic (exact) mass is 228 g/mol. The number of methoxy groups -OCH3 is 1. The van der Waals surface area contributed by atoms with Crippen LogP contribution in [0.25, 0.3) is 0 Å². The Bertz CT molecular complexity index is 197. The van der Waals surface area contributed by atoms with Crippen molar-refractivity contribution in [2.24, 2.45) is 0 Å². The van der Waals surface area contributed by atoms with Gasteiger partial charge in [-0.2, -0.15) is 0 Å². The van der Waals surface area contributed by atoms with Crippen molar-refractivity contribution >= 4 is 0 Å². The van der Waals surface area contributed by atoms with E-state index >= 15 is 0 Å². The highest BCUT2D eigenvalue weighted by Crippen LogP contribution is 2.22. The molecule has 0 aromatic heterocycles. The minimum absolute atomic E-state index is 0.0697. The zero-order chi connectivity index (χ0) is 11.3. The Morgan fingerprint density at radius 2 is 2.38 bits per heavy atom. The highest BCUT2D eigenvalue weighted by molar-refractivity contribution is 4.88. The summed E-state index contributed by atoms with van der Waals surface area (Å²) in [7, 11) is 1.80. The number of nitrogens with one attached hydrogen (secondary N) is 2. The largest absolute Gasteiger partial charge is 0.378 e. The van der Waals surface area contributed by atoms with Crippen LogP contribution in [-0.4, -0.2) is 51.6 Å². The van der Waals surface area contributed by atoms with Crippen LogP contribution in [-0.2, 0) is 9.47 Å². The fraction of sp³-hybridized carbons (Fsp3) is 1.00. The van der Waals surface area contributed by atoms with Gasteiger partial charge >= 0.3 is 0 Å². The summed E-state index contributed by atoms with van der Waals surface area (Å²) < 4.78 is 11.1. The first-order valence-corrected chi connectivity index (χ1v) is 6.42. The summed E-state index contributed by atoms with van der Waals surface area (Å²) in [4.78, 5) is 0. The lowest BCUT2D eigenvalue weighted by atomic mass is 10.0. The second-order valence-electron chi connectivity index (χ2n) is 4.95. The molecule has 2 atom stereocenters. The molecule has 0 bridgehead atoms.